The van der Waals surface area contributed by atoms with E-state index in [9.17, 15) is 4.21 Å². The SMILES string of the molecule is O=[S@]1CNc2ccc(Br)cc21. The summed E-state index contributed by atoms with van der Waals surface area (Å²) in [6, 6.07) is 5.77. The molecule has 0 radical (unpaired) electrons. The van der Waals surface area contributed by atoms with E-state index in [1.165, 1.54) is 0 Å². The summed E-state index contributed by atoms with van der Waals surface area (Å²) in [6.07, 6.45) is 0. The monoisotopic (exact) mass is 231 g/mol. The van der Waals surface area contributed by atoms with Crippen molar-refractivity contribution in [3.63, 3.8) is 0 Å². The molecule has 11 heavy (non-hydrogen) atoms. The molecule has 0 aliphatic carbocycles. The summed E-state index contributed by atoms with van der Waals surface area (Å²) in [5, 5.41) is 3.06. The first-order valence-electron chi connectivity index (χ1n) is 3.19. The molecule has 2 nitrogen and oxygen atoms in total. The van der Waals surface area contributed by atoms with Crippen LogP contribution in [0.5, 0.6) is 0 Å². The van der Waals surface area contributed by atoms with Crippen molar-refractivity contribution in [2.24, 2.45) is 0 Å². The molecule has 1 aromatic rings. The van der Waals surface area contributed by atoms with Crippen LogP contribution in [-0.4, -0.2) is 10.1 Å². The Morgan fingerprint density at radius 3 is 3.18 bits per heavy atom. The van der Waals surface area contributed by atoms with Crippen LogP contribution in [0.1, 0.15) is 0 Å². The predicted molar refractivity (Wildman–Crippen MR) is 49.0 cm³/mol. The largest absolute Gasteiger partial charge is 0.372 e. The number of halogens is 1. The van der Waals surface area contributed by atoms with Gasteiger partial charge in [0.15, 0.2) is 0 Å². The molecule has 0 bridgehead atoms. The van der Waals surface area contributed by atoms with E-state index >= 15 is 0 Å². The van der Waals surface area contributed by atoms with Crippen molar-refractivity contribution < 1.29 is 4.21 Å². The summed E-state index contributed by atoms with van der Waals surface area (Å²) in [5.74, 6) is 0.547. The molecule has 4 heteroatoms. The van der Waals surface area contributed by atoms with Crippen LogP contribution in [-0.2, 0) is 10.8 Å². The second-order valence-electron chi connectivity index (χ2n) is 2.31. The van der Waals surface area contributed by atoms with Crippen LogP contribution < -0.4 is 5.32 Å². The molecule has 1 atom stereocenters. The number of nitrogens with one attached hydrogen (secondary N) is 1. The summed E-state index contributed by atoms with van der Waals surface area (Å²) in [4.78, 5) is 0.902. The highest BCUT2D eigenvalue weighted by Gasteiger charge is 2.16. The highest BCUT2D eigenvalue weighted by atomic mass is 79.9. The second kappa shape index (κ2) is 2.60. The Morgan fingerprint density at radius 2 is 2.36 bits per heavy atom. The Labute approximate surface area is 75.6 Å². The van der Waals surface area contributed by atoms with Crippen molar-refractivity contribution >= 4 is 32.4 Å². The van der Waals surface area contributed by atoms with E-state index in [0.29, 0.717) is 5.88 Å². The van der Waals surface area contributed by atoms with Gasteiger partial charge in [-0.25, -0.2) is 0 Å². The molecule has 0 fully saturated rings. The first-order valence-corrected chi connectivity index (χ1v) is 5.30. The van der Waals surface area contributed by atoms with Crippen LogP contribution in [0.3, 0.4) is 0 Å². The predicted octanol–water partition coefficient (Wildman–Crippen LogP) is 1.94. The van der Waals surface area contributed by atoms with E-state index in [1.807, 2.05) is 18.2 Å². The molecule has 0 unspecified atom stereocenters. The topological polar surface area (TPSA) is 29.1 Å². The third-order valence-corrected chi connectivity index (χ3v) is 3.31. The molecule has 0 aromatic heterocycles. The minimum Gasteiger partial charge on any atom is -0.372 e. The van der Waals surface area contributed by atoms with E-state index in [2.05, 4.69) is 21.2 Å². The van der Waals surface area contributed by atoms with Gasteiger partial charge >= 0.3 is 0 Å². The normalized spacial score (nSPS) is 21.0. The van der Waals surface area contributed by atoms with Crippen LogP contribution in [0.2, 0.25) is 0 Å². The molecule has 0 saturated carbocycles. The highest BCUT2D eigenvalue weighted by molar-refractivity contribution is 9.10. The minimum absolute atomic E-state index is 0.547. The lowest BCUT2D eigenvalue weighted by Gasteiger charge is -1.96. The lowest BCUT2D eigenvalue weighted by Crippen LogP contribution is -1.94. The van der Waals surface area contributed by atoms with Gasteiger partial charge in [-0.3, -0.25) is 4.21 Å². The standard InChI is InChI=1S/C7H6BrNOS/c8-5-1-2-6-7(3-5)11(10)4-9-6/h1-3,9H,4H2/t11-/m0/s1. The maximum atomic E-state index is 11.2. The van der Waals surface area contributed by atoms with Gasteiger partial charge in [-0.1, -0.05) is 15.9 Å². The van der Waals surface area contributed by atoms with E-state index < -0.39 is 10.8 Å². The van der Waals surface area contributed by atoms with Gasteiger partial charge in [0.05, 0.1) is 27.3 Å². The highest BCUT2D eigenvalue weighted by Crippen LogP contribution is 2.28. The zero-order chi connectivity index (χ0) is 7.84. The van der Waals surface area contributed by atoms with Crippen LogP contribution >= 0.6 is 15.9 Å². The lowest BCUT2D eigenvalue weighted by molar-refractivity contribution is 0.686. The van der Waals surface area contributed by atoms with Gasteiger partial charge in [-0.15, -0.1) is 0 Å². The minimum atomic E-state index is -0.849. The quantitative estimate of drug-likeness (QED) is 0.740. The average Bonchev–Trinajstić information content (AvgIpc) is 2.33. The molecular formula is C7H6BrNOS. The molecule has 2 rings (SSSR count). The van der Waals surface area contributed by atoms with Gasteiger partial charge < -0.3 is 5.32 Å². The van der Waals surface area contributed by atoms with E-state index in [4.69, 9.17) is 0 Å². The molecule has 58 valence electrons. The Hall–Kier alpha value is -0.350. The van der Waals surface area contributed by atoms with E-state index in [1.54, 1.807) is 0 Å². The van der Waals surface area contributed by atoms with Crippen LogP contribution in [0.4, 0.5) is 5.69 Å². The van der Waals surface area contributed by atoms with Gasteiger partial charge in [0.2, 0.25) is 0 Å². The molecule has 1 aliphatic rings. The molecule has 1 aromatic carbocycles. The summed E-state index contributed by atoms with van der Waals surface area (Å²) in [6.45, 7) is 0. The van der Waals surface area contributed by atoms with Crippen LogP contribution in [0.15, 0.2) is 27.6 Å². The zero-order valence-corrected chi connectivity index (χ0v) is 8.04. The number of fused-ring (bicyclic) bond motifs is 1. The van der Waals surface area contributed by atoms with E-state index in [-0.39, 0.29) is 0 Å². The maximum Gasteiger partial charge on any atom is 0.0959 e. The van der Waals surface area contributed by atoms with Crippen molar-refractivity contribution in [3.8, 4) is 0 Å². The van der Waals surface area contributed by atoms with E-state index in [0.717, 1.165) is 15.1 Å². The molecule has 0 saturated heterocycles. The fraction of sp³-hybridized carbons (Fsp3) is 0.143. The Bertz CT molecular complexity index is 326. The summed E-state index contributed by atoms with van der Waals surface area (Å²) >= 11 is 3.33. The molecule has 0 spiro atoms. The van der Waals surface area contributed by atoms with Crippen molar-refractivity contribution in [2.75, 3.05) is 11.2 Å². The maximum absolute atomic E-state index is 11.2. The van der Waals surface area contributed by atoms with Gasteiger partial charge in [0.1, 0.15) is 0 Å². The third kappa shape index (κ3) is 1.20. The molecule has 1 aliphatic heterocycles. The van der Waals surface area contributed by atoms with Gasteiger partial charge in [0.25, 0.3) is 0 Å². The fourth-order valence-corrected chi connectivity index (χ4v) is 2.65. The molecule has 0 amide bonds. The zero-order valence-electron chi connectivity index (χ0n) is 5.63. The molecule has 1 heterocycles. The first kappa shape index (κ1) is 7.31. The fourth-order valence-electron chi connectivity index (χ4n) is 1.05. The van der Waals surface area contributed by atoms with Crippen LogP contribution in [0.25, 0.3) is 0 Å². The van der Waals surface area contributed by atoms with Crippen molar-refractivity contribution in [1.29, 1.82) is 0 Å². The summed E-state index contributed by atoms with van der Waals surface area (Å²) in [5.41, 5.74) is 0.992. The average molecular weight is 232 g/mol. The lowest BCUT2D eigenvalue weighted by atomic mass is 10.3. The number of hydrogen-bond donors (Lipinski definition) is 1. The Balaban J connectivity index is 2.60. The van der Waals surface area contributed by atoms with Gasteiger partial charge in [-0.05, 0) is 18.2 Å². The Kier molecular flexibility index (Phi) is 1.73. The van der Waals surface area contributed by atoms with Gasteiger partial charge in [0, 0.05) is 4.47 Å². The number of anilines is 1. The molecule has 1 N–H and O–H groups in total. The number of hydrogen-bond acceptors (Lipinski definition) is 2. The smallest absolute Gasteiger partial charge is 0.0959 e. The Morgan fingerprint density at radius 1 is 1.55 bits per heavy atom. The third-order valence-electron chi connectivity index (χ3n) is 1.58. The van der Waals surface area contributed by atoms with Crippen LogP contribution in [0, 0.1) is 0 Å². The molecular weight excluding hydrogens is 226 g/mol. The van der Waals surface area contributed by atoms with Crippen molar-refractivity contribution in [3.05, 3.63) is 22.7 Å². The number of rotatable bonds is 0. The summed E-state index contributed by atoms with van der Waals surface area (Å²) < 4.78 is 12.2. The van der Waals surface area contributed by atoms with Crippen molar-refractivity contribution in [2.45, 2.75) is 4.90 Å². The second-order valence-corrected chi connectivity index (χ2v) is 4.64. The number of benzene rings is 1. The first-order chi connectivity index (χ1) is 5.27. The van der Waals surface area contributed by atoms with Gasteiger partial charge in [-0.2, -0.15) is 0 Å². The van der Waals surface area contributed by atoms with Crippen molar-refractivity contribution in [1.82, 2.24) is 0 Å². The summed E-state index contributed by atoms with van der Waals surface area (Å²) in [7, 11) is -0.849.